The number of nitrogens with two attached hydrogens (primary N) is 2. The molecule has 18 nitrogen and oxygen atoms in total. The summed E-state index contributed by atoms with van der Waals surface area (Å²) in [6.45, 7) is 4.48. The highest BCUT2D eigenvalue weighted by molar-refractivity contribution is 8.00. The number of aromatic nitrogens is 6. The number of oxime groups is 1. The van der Waals surface area contributed by atoms with Crippen LogP contribution in [0, 0.1) is 5.41 Å². The number of amides is 2. The molecule has 2 aromatic rings. The molecule has 2 fully saturated rings. The van der Waals surface area contributed by atoms with E-state index in [0.29, 0.717) is 31.1 Å². The van der Waals surface area contributed by atoms with Gasteiger partial charge < -0.3 is 36.4 Å². The molecule has 2 aromatic heterocycles. The number of hydrogen-bond acceptors (Lipinski definition) is 17. The van der Waals surface area contributed by atoms with E-state index in [-0.39, 0.29) is 41.3 Å². The zero-order valence-corrected chi connectivity index (χ0v) is 26.4. The Hall–Kier alpha value is -3.56. The summed E-state index contributed by atoms with van der Waals surface area (Å²) in [7, 11) is 0. The summed E-state index contributed by atoms with van der Waals surface area (Å²) in [5.41, 5.74) is 9.59. The lowest BCUT2D eigenvalue weighted by molar-refractivity contribution is -0.157. The molecule has 4 rings (SSSR count). The summed E-state index contributed by atoms with van der Waals surface area (Å²) < 4.78 is 10.7. The number of nitrogens with one attached hydrogen (secondary N) is 1. The highest BCUT2D eigenvalue weighted by Crippen LogP contribution is 2.44. The molecule has 4 heterocycles. The minimum atomic E-state index is -1.27. The first-order chi connectivity index (χ1) is 21.1. The van der Waals surface area contributed by atoms with E-state index in [0.717, 1.165) is 18.0 Å². The first-order valence-corrected chi connectivity index (χ1v) is 16.5. The average molecular weight is 672 g/mol. The fourth-order valence-corrected chi connectivity index (χ4v) is 7.32. The van der Waals surface area contributed by atoms with Crippen molar-refractivity contribution in [2.75, 3.05) is 36.9 Å². The summed E-state index contributed by atoms with van der Waals surface area (Å²) in [5, 5.41) is 28.2. The van der Waals surface area contributed by atoms with Crippen LogP contribution >= 0.6 is 35.1 Å². The lowest BCUT2D eigenvalue weighted by Gasteiger charge is -2.53. The molecule has 0 spiro atoms. The van der Waals surface area contributed by atoms with Gasteiger partial charge in [0.2, 0.25) is 28.7 Å². The SMILES string of the molecule is CCCCOC(=O)C(C)ON=C(C(=O)NC1C(=O)N2CC(CSc3nnnn3CCCN)(C(=O)O)CS[C@H]12)c1nsc(N)n1. The molecule has 2 amide bonds. The molecule has 2 aliphatic heterocycles. The number of nitrogen functional groups attached to an aromatic ring is 1. The number of rotatable bonds is 16. The number of aliphatic carboxylic acids is 1. The molecule has 2 aliphatic rings. The number of anilines is 1. The van der Waals surface area contributed by atoms with Gasteiger partial charge in [-0.1, -0.05) is 30.3 Å². The zero-order valence-electron chi connectivity index (χ0n) is 23.9. The van der Waals surface area contributed by atoms with Crippen LogP contribution < -0.4 is 16.8 Å². The highest BCUT2D eigenvalue weighted by atomic mass is 32.2. The molecule has 2 saturated heterocycles. The fraction of sp³-hybridized carbons (Fsp3) is 0.652. The van der Waals surface area contributed by atoms with Gasteiger partial charge in [0.15, 0.2) is 5.13 Å². The van der Waals surface area contributed by atoms with Crippen LogP contribution in [0.3, 0.4) is 0 Å². The van der Waals surface area contributed by atoms with Crippen LogP contribution in [0.4, 0.5) is 5.13 Å². The van der Waals surface area contributed by atoms with Crippen molar-refractivity contribution in [3.05, 3.63) is 5.82 Å². The molecule has 3 unspecified atom stereocenters. The molecule has 6 N–H and O–H groups in total. The average Bonchev–Trinajstić information content (AvgIpc) is 3.65. The third kappa shape index (κ3) is 7.56. The Morgan fingerprint density at radius 2 is 2.14 bits per heavy atom. The molecule has 0 aliphatic carbocycles. The van der Waals surface area contributed by atoms with E-state index in [1.54, 1.807) is 4.68 Å². The molecule has 0 saturated carbocycles. The van der Waals surface area contributed by atoms with Gasteiger partial charge in [0.25, 0.3) is 5.91 Å². The molecule has 240 valence electrons. The maximum atomic E-state index is 13.3. The van der Waals surface area contributed by atoms with E-state index in [9.17, 15) is 24.3 Å². The minimum absolute atomic E-state index is 0.0611. The van der Waals surface area contributed by atoms with Crippen molar-refractivity contribution in [3.8, 4) is 0 Å². The minimum Gasteiger partial charge on any atom is -0.481 e. The number of unbranched alkanes of at least 4 members (excludes halogenated alkanes) is 1. The quantitative estimate of drug-likeness (QED) is 0.0424. The summed E-state index contributed by atoms with van der Waals surface area (Å²) in [6.07, 6.45) is 1.05. The maximum absolute atomic E-state index is 13.3. The topological polar surface area (TPSA) is 256 Å². The Balaban J connectivity index is 1.40. The molecule has 0 bridgehead atoms. The number of ether oxygens (including phenoxy) is 1. The van der Waals surface area contributed by atoms with E-state index in [1.165, 1.54) is 35.3 Å². The Kier molecular flexibility index (Phi) is 11.3. The molecule has 44 heavy (non-hydrogen) atoms. The Morgan fingerprint density at radius 3 is 2.82 bits per heavy atom. The van der Waals surface area contributed by atoms with Crippen molar-refractivity contribution in [2.24, 2.45) is 16.3 Å². The van der Waals surface area contributed by atoms with E-state index in [4.69, 9.17) is 21.0 Å². The second-order valence-electron chi connectivity index (χ2n) is 9.98. The Labute approximate surface area is 264 Å². The number of aryl methyl sites for hydroxylation is 1. The number of carboxylic acid groups (broad SMARTS) is 1. The van der Waals surface area contributed by atoms with E-state index in [1.807, 2.05) is 6.92 Å². The number of thioether (sulfide) groups is 2. The third-order valence-corrected chi connectivity index (χ3v) is 10.1. The molecular formula is C23H33N11O7S3. The van der Waals surface area contributed by atoms with Crippen molar-refractivity contribution >= 4 is 69.7 Å². The van der Waals surface area contributed by atoms with Gasteiger partial charge in [0.05, 0.1) is 6.61 Å². The smallest absolute Gasteiger partial charge is 0.349 e. The number of carboxylic acids is 1. The van der Waals surface area contributed by atoms with E-state index < -0.39 is 46.7 Å². The highest BCUT2D eigenvalue weighted by Gasteiger charge is 2.57. The largest absolute Gasteiger partial charge is 0.481 e. The van der Waals surface area contributed by atoms with Crippen LogP contribution in [0.15, 0.2) is 10.3 Å². The third-order valence-electron chi connectivity index (χ3n) is 6.68. The summed E-state index contributed by atoms with van der Waals surface area (Å²) in [6, 6.07) is -0.965. The van der Waals surface area contributed by atoms with Gasteiger partial charge in [0, 0.05) is 36.1 Å². The molecular weight excluding hydrogens is 639 g/mol. The van der Waals surface area contributed by atoms with Crippen molar-refractivity contribution in [2.45, 2.75) is 62.3 Å². The Bertz CT molecular complexity index is 1390. The molecule has 4 atom stereocenters. The number of nitrogens with zero attached hydrogens (tertiary/aromatic N) is 8. The standard InChI is InChI=1S/C23H33N11O7S3/c1-3-4-8-40-19(37)12(2)41-29-13(15-27-21(25)44-30-15)16(35)26-14-17(36)33-9-23(20(38)39,10-42-18(14)33)11-43-22-28-31-32-34(22)7-5-6-24/h12,14,18H,3-11,24H2,1-2H3,(H,26,35)(H,38,39)(H2,25,27,30)/t12?,14?,18-,23?/m1/s1. The van der Waals surface area contributed by atoms with E-state index in [2.05, 4.69) is 35.4 Å². The summed E-state index contributed by atoms with van der Waals surface area (Å²) in [5.74, 6) is -2.86. The van der Waals surface area contributed by atoms with Crippen LogP contribution in [0.1, 0.15) is 38.9 Å². The van der Waals surface area contributed by atoms with Crippen molar-refractivity contribution in [1.82, 2.24) is 39.8 Å². The zero-order chi connectivity index (χ0) is 31.9. The predicted octanol–water partition coefficient (Wildman–Crippen LogP) is -0.829. The summed E-state index contributed by atoms with van der Waals surface area (Å²) >= 11 is 3.26. The van der Waals surface area contributed by atoms with Crippen molar-refractivity contribution < 1.29 is 33.9 Å². The molecule has 0 radical (unpaired) electrons. The van der Waals surface area contributed by atoms with Gasteiger partial charge in [-0.05, 0) is 36.7 Å². The van der Waals surface area contributed by atoms with Crippen LogP contribution in [-0.2, 0) is 35.3 Å². The first kappa shape index (κ1) is 33.3. The van der Waals surface area contributed by atoms with Crippen molar-refractivity contribution in [1.29, 1.82) is 0 Å². The fourth-order valence-electron chi connectivity index (χ4n) is 4.12. The van der Waals surface area contributed by atoms with Crippen LogP contribution in [-0.4, -0.2) is 118 Å². The number of fused-ring (bicyclic) bond motifs is 1. The van der Waals surface area contributed by atoms with Gasteiger partial charge in [-0.2, -0.15) is 9.36 Å². The number of tetrazole rings is 1. The van der Waals surface area contributed by atoms with Gasteiger partial charge >= 0.3 is 11.9 Å². The lowest BCUT2D eigenvalue weighted by atomic mass is 9.89. The Morgan fingerprint density at radius 1 is 1.34 bits per heavy atom. The number of carbonyl (C=O) groups excluding carboxylic acids is 3. The first-order valence-electron chi connectivity index (χ1n) is 13.7. The lowest BCUT2D eigenvalue weighted by Crippen LogP contribution is -2.74. The van der Waals surface area contributed by atoms with Crippen LogP contribution in [0.5, 0.6) is 0 Å². The number of carbonyl (C=O) groups is 4. The number of esters is 1. The van der Waals surface area contributed by atoms with Gasteiger partial charge in [-0.25, -0.2) is 9.48 Å². The van der Waals surface area contributed by atoms with E-state index >= 15 is 0 Å². The second-order valence-corrected chi connectivity index (χ2v) is 12.8. The van der Waals surface area contributed by atoms with Crippen molar-refractivity contribution in [3.63, 3.8) is 0 Å². The monoisotopic (exact) mass is 671 g/mol. The van der Waals surface area contributed by atoms with Crippen LogP contribution in [0.2, 0.25) is 0 Å². The van der Waals surface area contributed by atoms with Gasteiger partial charge in [0.1, 0.15) is 16.8 Å². The normalized spacial score (nSPS) is 22.1. The number of β-lactam (4-membered cyclic amide) rings is 1. The predicted molar refractivity (Wildman–Crippen MR) is 159 cm³/mol. The molecule has 0 aromatic carbocycles. The summed E-state index contributed by atoms with van der Waals surface area (Å²) in [4.78, 5) is 61.7. The van der Waals surface area contributed by atoms with Gasteiger partial charge in [-0.15, -0.1) is 16.9 Å². The second kappa shape index (κ2) is 14.9. The van der Waals surface area contributed by atoms with Crippen LogP contribution in [0.25, 0.3) is 0 Å². The van der Waals surface area contributed by atoms with Gasteiger partial charge in [-0.3, -0.25) is 14.4 Å². The molecule has 21 heteroatoms. The number of hydrogen-bond donors (Lipinski definition) is 4. The maximum Gasteiger partial charge on any atom is 0.349 e.